The first-order chi connectivity index (χ1) is 9.11. The summed E-state index contributed by atoms with van der Waals surface area (Å²) in [6.07, 6.45) is -0.981. The lowest BCUT2D eigenvalue weighted by Gasteiger charge is -2.14. The fraction of sp³-hybridized carbons (Fsp3) is 0.500. The minimum Gasteiger partial charge on any atom is -0.492 e. The van der Waals surface area contributed by atoms with Gasteiger partial charge in [0.05, 0.1) is 12.7 Å². The van der Waals surface area contributed by atoms with Gasteiger partial charge in [-0.1, -0.05) is 0 Å². The largest absolute Gasteiger partial charge is 0.492 e. The Bertz CT molecular complexity index is 615. The molecule has 102 valence electrons. The van der Waals surface area contributed by atoms with Gasteiger partial charge in [-0.15, -0.1) is 0 Å². The third-order valence-electron chi connectivity index (χ3n) is 3.11. The van der Waals surface area contributed by atoms with Gasteiger partial charge in [-0.05, 0) is 0 Å². The van der Waals surface area contributed by atoms with E-state index in [1.165, 1.54) is 4.57 Å². The lowest BCUT2D eigenvalue weighted by Crippen LogP contribution is -2.24. The summed E-state index contributed by atoms with van der Waals surface area (Å²) < 4.78 is 6.66. The normalized spacial score (nSPS) is 27.2. The Hall–Kier alpha value is -1.97. The molecule has 3 rings (SSSR count). The van der Waals surface area contributed by atoms with Gasteiger partial charge in [-0.2, -0.15) is 9.97 Å². The van der Waals surface area contributed by atoms with Crippen LogP contribution in [-0.2, 0) is 4.74 Å². The summed E-state index contributed by atoms with van der Waals surface area (Å²) in [6, 6.07) is -0.401. The fourth-order valence-electron chi connectivity index (χ4n) is 2.19. The summed E-state index contributed by atoms with van der Waals surface area (Å²) in [7, 11) is 0. The highest BCUT2D eigenvalue weighted by molar-refractivity contribution is 5.77. The third-order valence-corrected chi connectivity index (χ3v) is 3.11. The SMILES string of the molecule is OC[C@@H]1O[C@@H](n2c(O)nc3c(O)ncnc32)C[C@H]1O. The van der Waals surface area contributed by atoms with E-state index in [1.807, 2.05) is 0 Å². The number of hydrogen-bond donors (Lipinski definition) is 4. The van der Waals surface area contributed by atoms with Gasteiger partial charge >= 0.3 is 0 Å². The number of aromatic hydroxyl groups is 2. The Morgan fingerprint density at radius 2 is 2.16 bits per heavy atom. The minimum absolute atomic E-state index is 0.0468. The molecule has 0 saturated carbocycles. The molecule has 19 heavy (non-hydrogen) atoms. The molecule has 1 aliphatic heterocycles. The zero-order chi connectivity index (χ0) is 13.6. The molecule has 0 aliphatic carbocycles. The van der Waals surface area contributed by atoms with Gasteiger partial charge in [0.2, 0.25) is 5.88 Å². The van der Waals surface area contributed by atoms with E-state index in [2.05, 4.69) is 15.0 Å². The third kappa shape index (κ3) is 1.79. The highest BCUT2D eigenvalue weighted by Crippen LogP contribution is 2.35. The van der Waals surface area contributed by atoms with Crippen LogP contribution < -0.4 is 0 Å². The molecule has 9 nitrogen and oxygen atoms in total. The van der Waals surface area contributed by atoms with Crippen molar-refractivity contribution in [1.29, 1.82) is 0 Å². The second-order valence-electron chi connectivity index (χ2n) is 4.27. The molecule has 9 heteroatoms. The number of hydrogen-bond acceptors (Lipinski definition) is 8. The number of fused-ring (bicyclic) bond motifs is 1. The molecule has 1 fully saturated rings. The van der Waals surface area contributed by atoms with E-state index in [9.17, 15) is 15.3 Å². The topological polar surface area (TPSA) is 134 Å². The van der Waals surface area contributed by atoms with Crippen molar-refractivity contribution >= 4 is 11.2 Å². The summed E-state index contributed by atoms with van der Waals surface area (Å²) in [5.41, 5.74) is 0.242. The van der Waals surface area contributed by atoms with Crippen LogP contribution in [0.1, 0.15) is 12.6 Å². The number of aliphatic hydroxyl groups excluding tert-OH is 2. The maximum absolute atomic E-state index is 9.81. The van der Waals surface area contributed by atoms with Gasteiger partial charge in [0.25, 0.3) is 6.01 Å². The molecule has 0 amide bonds. The van der Waals surface area contributed by atoms with E-state index in [-0.39, 0.29) is 30.1 Å². The predicted molar refractivity (Wildman–Crippen MR) is 60.3 cm³/mol. The van der Waals surface area contributed by atoms with Gasteiger partial charge in [-0.25, -0.2) is 4.98 Å². The molecule has 4 N–H and O–H groups in total. The molecule has 0 unspecified atom stereocenters. The van der Waals surface area contributed by atoms with Crippen LogP contribution in [0, 0.1) is 0 Å². The summed E-state index contributed by atoms with van der Waals surface area (Å²) >= 11 is 0. The standard InChI is InChI=1S/C10H12N4O5/c15-2-5-4(16)1-6(19-5)14-8-7(13-10(14)18)9(17)12-3-11-8/h3-6,15-16H,1-2H2,(H,13,18)(H,11,12,17)/t4-,5+,6-/m1/s1. The molecule has 3 heterocycles. The van der Waals surface area contributed by atoms with Crippen LogP contribution in [0.25, 0.3) is 11.2 Å². The van der Waals surface area contributed by atoms with Crippen LogP contribution in [0.3, 0.4) is 0 Å². The van der Waals surface area contributed by atoms with Crippen molar-refractivity contribution in [3.63, 3.8) is 0 Å². The Morgan fingerprint density at radius 1 is 1.37 bits per heavy atom. The number of ether oxygens (including phenoxy) is 1. The predicted octanol–water partition coefficient (Wildman–Crippen LogP) is -1.12. The molecule has 0 aromatic carbocycles. The van der Waals surface area contributed by atoms with Gasteiger partial charge < -0.3 is 25.2 Å². The van der Waals surface area contributed by atoms with Crippen molar-refractivity contribution in [3.8, 4) is 11.9 Å². The van der Waals surface area contributed by atoms with E-state index in [0.29, 0.717) is 0 Å². The Kier molecular flexibility index (Phi) is 2.73. The number of nitrogens with zero attached hydrogens (tertiary/aromatic N) is 4. The molecule has 2 aromatic heterocycles. The quantitative estimate of drug-likeness (QED) is 0.538. The molecular weight excluding hydrogens is 256 g/mol. The molecule has 1 aliphatic rings. The van der Waals surface area contributed by atoms with Gasteiger partial charge in [0, 0.05) is 6.42 Å². The first-order valence-corrected chi connectivity index (χ1v) is 5.67. The van der Waals surface area contributed by atoms with Crippen molar-refractivity contribution in [2.24, 2.45) is 0 Å². The highest BCUT2D eigenvalue weighted by Gasteiger charge is 2.37. The molecule has 0 radical (unpaired) electrons. The summed E-state index contributed by atoms with van der Waals surface area (Å²) in [5, 5.41) is 38.1. The van der Waals surface area contributed by atoms with Crippen LogP contribution in [-0.4, -0.2) is 58.8 Å². The number of aliphatic hydroxyl groups is 2. The minimum atomic E-state index is -0.845. The fourth-order valence-corrected chi connectivity index (χ4v) is 2.19. The van der Waals surface area contributed by atoms with Gasteiger partial charge in [0.15, 0.2) is 11.2 Å². The first-order valence-electron chi connectivity index (χ1n) is 5.67. The van der Waals surface area contributed by atoms with Crippen molar-refractivity contribution in [3.05, 3.63) is 6.33 Å². The number of imidazole rings is 1. The molecule has 2 aromatic rings. The van der Waals surface area contributed by atoms with E-state index in [0.717, 1.165) is 6.33 Å². The van der Waals surface area contributed by atoms with Crippen molar-refractivity contribution in [1.82, 2.24) is 19.5 Å². The summed E-state index contributed by atoms with van der Waals surface area (Å²) in [6.45, 7) is -0.328. The molecule has 1 saturated heterocycles. The first kappa shape index (κ1) is 12.1. The Morgan fingerprint density at radius 3 is 2.84 bits per heavy atom. The monoisotopic (exact) mass is 268 g/mol. The second-order valence-corrected chi connectivity index (χ2v) is 4.27. The lowest BCUT2D eigenvalue weighted by molar-refractivity contribution is -0.0450. The van der Waals surface area contributed by atoms with Gasteiger partial charge in [0.1, 0.15) is 18.7 Å². The van der Waals surface area contributed by atoms with Crippen molar-refractivity contribution in [2.45, 2.75) is 24.9 Å². The van der Waals surface area contributed by atoms with Crippen LogP contribution in [0.5, 0.6) is 11.9 Å². The maximum atomic E-state index is 9.81. The molecular formula is C10H12N4O5. The molecule has 3 atom stereocenters. The lowest BCUT2D eigenvalue weighted by atomic mass is 10.2. The van der Waals surface area contributed by atoms with E-state index in [4.69, 9.17) is 9.84 Å². The summed E-state index contributed by atoms with van der Waals surface area (Å²) in [4.78, 5) is 11.2. The van der Waals surface area contributed by atoms with E-state index >= 15 is 0 Å². The van der Waals surface area contributed by atoms with Crippen molar-refractivity contribution < 1.29 is 25.2 Å². The average molecular weight is 268 g/mol. The Balaban J connectivity index is 2.06. The van der Waals surface area contributed by atoms with E-state index < -0.39 is 24.4 Å². The van der Waals surface area contributed by atoms with Crippen LogP contribution in [0.15, 0.2) is 6.33 Å². The smallest absolute Gasteiger partial charge is 0.298 e. The number of aromatic nitrogens is 4. The second kappa shape index (κ2) is 4.30. The summed E-state index contributed by atoms with van der Waals surface area (Å²) in [5.74, 6) is -0.351. The zero-order valence-electron chi connectivity index (χ0n) is 9.71. The molecule has 0 bridgehead atoms. The molecule has 0 spiro atoms. The average Bonchev–Trinajstić information content (AvgIpc) is 2.90. The highest BCUT2D eigenvalue weighted by atomic mass is 16.5. The Labute approximate surface area is 106 Å². The van der Waals surface area contributed by atoms with Crippen LogP contribution >= 0.6 is 0 Å². The van der Waals surface area contributed by atoms with E-state index in [1.54, 1.807) is 0 Å². The number of rotatable bonds is 2. The van der Waals surface area contributed by atoms with Crippen LogP contribution in [0.4, 0.5) is 0 Å². The van der Waals surface area contributed by atoms with Gasteiger partial charge in [-0.3, -0.25) is 4.57 Å². The van der Waals surface area contributed by atoms with Crippen LogP contribution in [0.2, 0.25) is 0 Å². The maximum Gasteiger partial charge on any atom is 0.298 e. The zero-order valence-corrected chi connectivity index (χ0v) is 9.71. The van der Waals surface area contributed by atoms with Crippen molar-refractivity contribution in [2.75, 3.05) is 6.61 Å².